The average molecular weight is 233 g/mol. The maximum Gasteiger partial charge on any atom is 0.162 e. The monoisotopic (exact) mass is 233 g/mol. The van der Waals surface area contributed by atoms with Crippen molar-refractivity contribution in [2.24, 2.45) is 7.05 Å². The summed E-state index contributed by atoms with van der Waals surface area (Å²) >= 11 is 0. The lowest BCUT2D eigenvalue weighted by atomic mass is 10.1. The normalized spacial score (nSPS) is 10.6. The van der Waals surface area contributed by atoms with Crippen LogP contribution in [0.25, 0.3) is 10.9 Å². The molecule has 0 fully saturated rings. The molecule has 1 heterocycles. The zero-order chi connectivity index (χ0) is 12.6. The summed E-state index contributed by atoms with van der Waals surface area (Å²) in [5.41, 5.74) is 2.59. The van der Waals surface area contributed by atoms with Gasteiger partial charge in [-0.05, 0) is 13.0 Å². The zero-order valence-corrected chi connectivity index (χ0v) is 10.4. The van der Waals surface area contributed by atoms with Crippen molar-refractivity contribution in [3.63, 3.8) is 0 Å². The summed E-state index contributed by atoms with van der Waals surface area (Å²) in [6.07, 6.45) is 0.879. The lowest BCUT2D eigenvalue weighted by Gasteiger charge is -2.08. The summed E-state index contributed by atoms with van der Waals surface area (Å²) in [5, 5.41) is 0.887. The maximum absolute atomic E-state index is 11.1. The molecule has 0 radical (unpaired) electrons. The van der Waals surface area contributed by atoms with E-state index in [2.05, 4.69) is 0 Å². The highest BCUT2D eigenvalue weighted by Crippen LogP contribution is 2.35. The van der Waals surface area contributed by atoms with Gasteiger partial charge in [0.25, 0.3) is 0 Å². The Bertz CT molecular complexity index is 584. The fourth-order valence-electron chi connectivity index (χ4n) is 2.07. The van der Waals surface area contributed by atoms with Gasteiger partial charge >= 0.3 is 0 Å². The van der Waals surface area contributed by atoms with Crippen LogP contribution in [0.1, 0.15) is 16.1 Å². The third-order valence-corrected chi connectivity index (χ3v) is 3.16. The van der Waals surface area contributed by atoms with E-state index in [4.69, 9.17) is 9.47 Å². The summed E-state index contributed by atoms with van der Waals surface area (Å²) in [6.45, 7) is 1.92. The molecule has 90 valence electrons. The van der Waals surface area contributed by atoms with Crippen molar-refractivity contribution in [2.45, 2.75) is 6.92 Å². The minimum absolute atomic E-state index is 0.633. The van der Waals surface area contributed by atoms with Gasteiger partial charge in [-0.2, -0.15) is 0 Å². The zero-order valence-electron chi connectivity index (χ0n) is 10.4. The van der Waals surface area contributed by atoms with Gasteiger partial charge in [-0.15, -0.1) is 0 Å². The van der Waals surface area contributed by atoms with E-state index in [1.807, 2.05) is 30.7 Å². The van der Waals surface area contributed by atoms with Crippen LogP contribution in [0.4, 0.5) is 0 Å². The Labute approximate surface area is 99.7 Å². The molecule has 0 spiro atoms. The Kier molecular flexibility index (Phi) is 2.79. The van der Waals surface area contributed by atoms with Gasteiger partial charge in [0.05, 0.1) is 19.7 Å². The molecular formula is C13H15NO3. The highest BCUT2D eigenvalue weighted by molar-refractivity contribution is 6.00. The van der Waals surface area contributed by atoms with Crippen molar-refractivity contribution in [3.8, 4) is 11.5 Å². The van der Waals surface area contributed by atoms with Crippen LogP contribution in [0.5, 0.6) is 11.5 Å². The van der Waals surface area contributed by atoms with E-state index >= 15 is 0 Å². The molecule has 0 saturated carbocycles. The smallest absolute Gasteiger partial charge is 0.162 e. The van der Waals surface area contributed by atoms with E-state index in [0.717, 1.165) is 22.9 Å². The molecule has 0 N–H and O–H groups in total. The number of rotatable bonds is 3. The number of carbonyl (C=O) groups excluding carboxylic acids is 1. The molecular weight excluding hydrogens is 218 g/mol. The first-order valence-corrected chi connectivity index (χ1v) is 5.30. The molecule has 0 aliphatic carbocycles. The van der Waals surface area contributed by atoms with Gasteiger partial charge in [-0.1, -0.05) is 0 Å². The molecule has 0 amide bonds. The van der Waals surface area contributed by atoms with Gasteiger partial charge in [0.1, 0.15) is 0 Å². The molecule has 0 saturated heterocycles. The lowest BCUT2D eigenvalue weighted by Crippen LogP contribution is -1.93. The summed E-state index contributed by atoms with van der Waals surface area (Å²) in [7, 11) is 5.11. The van der Waals surface area contributed by atoms with Crippen LogP contribution < -0.4 is 9.47 Å². The van der Waals surface area contributed by atoms with E-state index in [1.165, 1.54) is 0 Å². The second-order valence-corrected chi connectivity index (χ2v) is 3.90. The summed E-state index contributed by atoms with van der Waals surface area (Å²) in [5.74, 6) is 1.30. The third-order valence-electron chi connectivity index (χ3n) is 3.16. The van der Waals surface area contributed by atoms with E-state index in [1.54, 1.807) is 14.2 Å². The number of hydrogen-bond acceptors (Lipinski definition) is 3. The highest BCUT2D eigenvalue weighted by atomic mass is 16.5. The molecule has 17 heavy (non-hydrogen) atoms. The quantitative estimate of drug-likeness (QED) is 0.764. The number of fused-ring (bicyclic) bond motifs is 1. The van der Waals surface area contributed by atoms with Gasteiger partial charge in [0, 0.05) is 29.8 Å². The predicted molar refractivity (Wildman–Crippen MR) is 66.1 cm³/mol. The van der Waals surface area contributed by atoms with Crippen molar-refractivity contribution in [1.29, 1.82) is 0 Å². The van der Waals surface area contributed by atoms with Crippen LogP contribution in [0.3, 0.4) is 0 Å². The van der Waals surface area contributed by atoms with Gasteiger partial charge in [0.15, 0.2) is 17.8 Å². The van der Waals surface area contributed by atoms with Crippen molar-refractivity contribution < 1.29 is 14.3 Å². The largest absolute Gasteiger partial charge is 0.493 e. The molecule has 0 atom stereocenters. The number of benzene rings is 1. The Morgan fingerprint density at radius 2 is 1.76 bits per heavy atom. The lowest BCUT2D eigenvalue weighted by molar-refractivity contribution is 0.112. The second-order valence-electron chi connectivity index (χ2n) is 3.90. The number of aryl methyl sites for hydroxylation is 1. The van der Waals surface area contributed by atoms with E-state index < -0.39 is 0 Å². The van der Waals surface area contributed by atoms with Crippen LogP contribution >= 0.6 is 0 Å². The minimum Gasteiger partial charge on any atom is -0.493 e. The number of methoxy groups -OCH3 is 2. The van der Waals surface area contributed by atoms with Crippen LogP contribution in [-0.4, -0.2) is 25.1 Å². The van der Waals surface area contributed by atoms with Gasteiger partial charge in [-0.3, -0.25) is 4.79 Å². The van der Waals surface area contributed by atoms with Crippen molar-refractivity contribution in [1.82, 2.24) is 4.57 Å². The molecule has 2 rings (SSSR count). The molecule has 0 aliphatic rings. The number of aldehydes is 1. The fraction of sp³-hybridized carbons (Fsp3) is 0.308. The molecule has 0 aliphatic heterocycles. The molecule has 4 nitrogen and oxygen atoms in total. The molecule has 0 unspecified atom stereocenters. The molecule has 0 bridgehead atoms. The highest BCUT2D eigenvalue weighted by Gasteiger charge is 2.15. The van der Waals surface area contributed by atoms with E-state index in [-0.39, 0.29) is 0 Å². The number of aromatic nitrogens is 1. The van der Waals surface area contributed by atoms with Gasteiger partial charge in [0.2, 0.25) is 0 Å². The average Bonchev–Trinajstić information content (AvgIpc) is 2.59. The predicted octanol–water partition coefficient (Wildman–Crippen LogP) is 2.32. The number of hydrogen-bond donors (Lipinski definition) is 0. The van der Waals surface area contributed by atoms with Crippen LogP contribution in [-0.2, 0) is 7.05 Å². The van der Waals surface area contributed by atoms with Crippen molar-refractivity contribution in [3.05, 3.63) is 23.4 Å². The van der Waals surface area contributed by atoms with Gasteiger partial charge in [-0.25, -0.2) is 0 Å². The topological polar surface area (TPSA) is 40.5 Å². The van der Waals surface area contributed by atoms with Crippen molar-refractivity contribution >= 4 is 17.2 Å². The summed E-state index contributed by atoms with van der Waals surface area (Å²) in [4.78, 5) is 11.1. The standard InChI is InChI=1S/C13H15NO3/c1-8-10(7-15)9-5-12(16-3)13(17-4)6-11(9)14(8)2/h5-7H,1-4H3. The maximum atomic E-state index is 11.1. The van der Waals surface area contributed by atoms with Crippen LogP contribution in [0.2, 0.25) is 0 Å². The first kappa shape index (κ1) is 11.5. The number of nitrogens with zero attached hydrogens (tertiary/aromatic N) is 1. The third kappa shape index (κ3) is 1.56. The van der Waals surface area contributed by atoms with Crippen LogP contribution in [0, 0.1) is 6.92 Å². The summed E-state index contributed by atoms with van der Waals surface area (Å²) < 4.78 is 12.5. The molecule has 1 aromatic carbocycles. The Hall–Kier alpha value is -1.97. The molecule has 2 aromatic rings. The van der Waals surface area contributed by atoms with E-state index in [9.17, 15) is 4.79 Å². The Balaban J connectivity index is 2.87. The number of ether oxygens (including phenoxy) is 2. The fourth-order valence-corrected chi connectivity index (χ4v) is 2.07. The first-order valence-electron chi connectivity index (χ1n) is 5.30. The molecule has 4 heteroatoms. The Morgan fingerprint density at radius 3 is 2.29 bits per heavy atom. The number of carbonyl (C=O) groups is 1. The molecule has 1 aromatic heterocycles. The van der Waals surface area contributed by atoms with Crippen molar-refractivity contribution in [2.75, 3.05) is 14.2 Å². The van der Waals surface area contributed by atoms with E-state index in [0.29, 0.717) is 17.1 Å². The second kappa shape index (κ2) is 4.13. The van der Waals surface area contributed by atoms with Crippen LogP contribution in [0.15, 0.2) is 12.1 Å². The Morgan fingerprint density at radius 1 is 1.18 bits per heavy atom. The first-order chi connectivity index (χ1) is 8.13. The van der Waals surface area contributed by atoms with Gasteiger partial charge < -0.3 is 14.0 Å². The summed E-state index contributed by atoms with van der Waals surface area (Å²) in [6, 6.07) is 3.72. The SMILES string of the molecule is COc1cc2c(C=O)c(C)n(C)c2cc1OC. The minimum atomic E-state index is 0.633.